The van der Waals surface area contributed by atoms with Gasteiger partial charge in [0.1, 0.15) is 6.61 Å². The summed E-state index contributed by atoms with van der Waals surface area (Å²) >= 11 is 0. The Balaban J connectivity index is 1.55. The lowest BCUT2D eigenvalue weighted by molar-refractivity contribution is -0.137. The fourth-order valence-corrected chi connectivity index (χ4v) is 3.34. The van der Waals surface area contributed by atoms with E-state index in [0.29, 0.717) is 30.4 Å². The molecule has 0 atom stereocenters. The Morgan fingerprint density at radius 3 is 2.22 bits per heavy atom. The van der Waals surface area contributed by atoms with Gasteiger partial charge in [0.2, 0.25) is 0 Å². The molecule has 0 saturated heterocycles. The van der Waals surface area contributed by atoms with Crippen molar-refractivity contribution in [2.75, 3.05) is 25.6 Å². The van der Waals surface area contributed by atoms with E-state index >= 15 is 0 Å². The van der Waals surface area contributed by atoms with Crippen LogP contribution in [0, 0.1) is 6.92 Å². The molecule has 1 N–H and O–H groups in total. The first-order chi connectivity index (χ1) is 17.2. The van der Waals surface area contributed by atoms with Gasteiger partial charge < -0.3 is 14.8 Å². The van der Waals surface area contributed by atoms with Crippen molar-refractivity contribution in [3.05, 3.63) is 89.5 Å². The van der Waals surface area contributed by atoms with Crippen molar-refractivity contribution in [3.8, 4) is 23.1 Å². The lowest BCUT2D eigenvalue weighted by atomic mass is 10.1. The normalized spacial score (nSPS) is 11.4. The van der Waals surface area contributed by atoms with Gasteiger partial charge in [0.25, 0.3) is 5.91 Å². The van der Waals surface area contributed by atoms with Gasteiger partial charge in [-0.25, -0.2) is 4.68 Å². The Kier molecular flexibility index (Phi) is 7.35. The molecule has 0 fully saturated rings. The van der Waals surface area contributed by atoms with E-state index in [1.807, 2.05) is 31.2 Å². The summed E-state index contributed by atoms with van der Waals surface area (Å²) in [5.74, 6) is 0.0513. The lowest BCUT2D eigenvalue weighted by Gasteiger charge is -2.10. The third-order valence-electron chi connectivity index (χ3n) is 5.26. The van der Waals surface area contributed by atoms with Gasteiger partial charge >= 0.3 is 12.2 Å². The third-order valence-corrected chi connectivity index (χ3v) is 5.26. The smallest absolute Gasteiger partial charge is 0.416 e. The average Bonchev–Trinajstić information content (AvgIpc) is 3.29. The van der Waals surface area contributed by atoms with Crippen LogP contribution in [0.25, 0.3) is 17.1 Å². The molecule has 1 amide bonds. The Morgan fingerprint density at radius 2 is 1.61 bits per heavy atom. The van der Waals surface area contributed by atoms with Crippen LogP contribution in [0.4, 0.5) is 18.9 Å². The average molecular weight is 496 g/mol. The number of amides is 1. The largest absolute Gasteiger partial charge is 0.460 e. The minimum Gasteiger partial charge on any atom is -0.460 e. The number of anilines is 1. The molecule has 4 aromatic rings. The number of nitrogens with zero attached hydrogens (tertiary/aromatic N) is 3. The molecule has 7 nitrogen and oxygen atoms in total. The van der Waals surface area contributed by atoms with E-state index in [9.17, 15) is 18.0 Å². The molecule has 0 aliphatic rings. The SMILES string of the molecule is COCCOc1nc(-c2ccc(C)cc2)n(-c2ccc(NC(=O)c3ccc(C(F)(F)F)cc3)cc2)n1. The number of alkyl halides is 3. The van der Waals surface area contributed by atoms with Crippen LogP contribution in [-0.4, -0.2) is 41.0 Å². The summed E-state index contributed by atoms with van der Waals surface area (Å²) in [4.78, 5) is 17.0. The lowest BCUT2D eigenvalue weighted by Crippen LogP contribution is -2.13. The summed E-state index contributed by atoms with van der Waals surface area (Å²) in [5.41, 5.74) is 2.39. The van der Waals surface area contributed by atoms with Crippen LogP contribution in [0.3, 0.4) is 0 Å². The fraction of sp³-hybridized carbons (Fsp3) is 0.192. The third kappa shape index (κ3) is 5.89. The van der Waals surface area contributed by atoms with Crippen molar-refractivity contribution in [1.29, 1.82) is 0 Å². The minimum atomic E-state index is -4.46. The molecule has 0 aliphatic heterocycles. The summed E-state index contributed by atoms with van der Waals surface area (Å²) in [6, 6.07) is 18.9. The zero-order valence-electron chi connectivity index (χ0n) is 19.5. The van der Waals surface area contributed by atoms with Crippen molar-refractivity contribution < 1.29 is 27.4 Å². The van der Waals surface area contributed by atoms with Crippen molar-refractivity contribution >= 4 is 11.6 Å². The van der Waals surface area contributed by atoms with Crippen LogP contribution in [0.2, 0.25) is 0 Å². The number of halogens is 3. The van der Waals surface area contributed by atoms with Gasteiger partial charge in [-0.1, -0.05) is 29.8 Å². The van der Waals surface area contributed by atoms with Gasteiger partial charge in [-0.05, 0) is 55.5 Å². The molecule has 36 heavy (non-hydrogen) atoms. The summed E-state index contributed by atoms with van der Waals surface area (Å²) in [6.45, 7) is 2.68. The number of carbonyl (C=O) groups is 1. The molecule has 0 unspecified atom stereocenters. The summed E-state index contributed by atoms with van der Waals surface area (Å²) in [6.07, 6.45) is -4.46. The topological polar surface area (TPSA) is 78.3 Å². The first-order valence-electron chi connectivity index (χ1n) is 11.0. The maximum Gasteiger partial charge on any atom is 0.416 e. The second kappa shape index (κ2) is 10.6. The maximum absolute atomic E-state index is 12.8. The molecule has 1 aromatic heterocycles. The highest BCUT2D eigenvalue weighted by atomic mass is 19.4. The molecule has 10 heteroatoms. The Bertz CT molecular complexity index is 1320. The molecule has 0 bridgehead atoms. The molecule has 4 rings (SSSR count). The number of ether oxygens (including phenoxy) is 2. The standard InChI is InChI=1S/C26H23F3N4O3/c1-17-3-5-18(6-4-17)23-31-25(36-16-15-35-2)32-33(23)22-13-11-21(12-14-22)30-24(34)19-7-9-20(10-8-19)26(27,28)29/h3-14H,15-16H2,1-2H3,(H,30,34). The van der Waals surface area contributed by atoms with E-state index in [2.05, 4.69) is 15.4 Å². The van der Waals surface area contributed by atoms with Crippen molar-refractivity contribution in [1.82, 2.24) is 14.8 Å². The second-order valence-corrected chi connectivity index (χ2v) is 7.91. The first kappa shape index (κ1) is 24.9. The van der Waals surface area contributed by atoms with E-state index in [1.165, 1.54) is 0 Å². The van der Waals surface area contributed by atoms with Crippen molar-refractivity contribution in [2.45, 2.75) is 13.1 Å². The number of nitrogens with one attached hydrogen (secondary N) is 1. The predicted molar refractivity (Wildman–Crippen MR) is 128 cm³/mol. The van der Waals surface area contributed by atoms with Gasteiger partial charge in [-0.2, -0.15) is 18.2 Å². The molecule has 0 saturated carbocycles. The summed E-state index contributed by atoms with van der Waals surface area (Å²) in [5, 5.41) is 7.15. The van der Waals surface area contributed by atoms with Crippen LogP contribution >= 0.6 is 0 Å². The number of aromatic nitrogens is 3. The van der Waals surface area contributed by atoms with E-state index < -0.39 is 17.6 Å². The monoisotopic (exact) mass is 496 g/mol. The number of benzene rings is 3. The zero-order chi connectivity index (χ0) is 25.7. The number of rotatable bonds is 8. The van der Waals surface area contributed by atoms with E-state index in [4.69, 9.17) is 9.47 Å². The van der Waals surface area contributed by atoms with Crippen LogP contribution < -0.4 is 10.1 Å². The van der Waals surface area contributed by atoms with E-state index in [1.54, 1.807) is 36.1 Å². The molecule has 3 aromatic carbocycles. The Morgan fingerprint density at radius 1 is 0.944 bits per heavy atom. The quantitative estimate of drug-likeness (QED) is 0.324. The minimum absolute atomic E-state index is 0.114. The summed E-state index contributed by atoms with van der Waals surface area (Å²) < 4.78 is 50.5. The van der Waals surface area contributed by atoms with Gasteiger partial charge in [-0.3, -0.25) is 4.79 Å². The Labute approximate surface area is 205 Å². The van der Waals surface area contributed by atoms with E-state index in [-0.39, 0.29) is 11.6 Å². The van der Waals surface area contributed by atoms with Crippen LogP contribution in [0.1, 0.15) is 21.5 Å². The zero-order valence-corrected chi connectivity index (χ0v) is 19.5. The maximum atomic E-state index is 12.8. The van der Waals surface area contributed by atoms with E-state index in [0.717, 1.165) is 35.4 Å². The van der Waals surface area contributed by atoms with Crippen molar-refractivity contribution in [3.63, 3.8) is 0 Å². The molecular formula is C26H23F3N4O3. The number of hydrogen-bond acceptors (Lipinski definition) is 5. The molecular weight excluding hydrogens is 473 g/mol. The van der Waals surface area contributed by atoms with Crippen LogP contribution in [-0.2, 0) is 10.9 Å². The Hall–Kier alpha value is -4.18. The van der Waals surface area contributed by atoms with Gasteiger partial charge in [0, 0.05) is 23.9 Å². The number of carbonyl (C=O) groups excluding carboxylic acids is 1. The summed E-state index contributed by atoms with van der Waals surface area (Å²) in [7, 11) is 1.57. The van der Waals surface area contributed by atoms with Crippen LogP contribution in [0.5, 0.6) is 6.01 Å². The molecule has 1 heterocycles. The molecule has 0 aliphatic carbocycles. The molecule has 0 spiro atoms. The van der Waals surface area contributed by atoms with Crippen molar-refractivity contribution in [2.24, 2.45) is 0 Å². The highest BCUT2D eigenvalue weighted by molar-refractivity contribution is 6.04. The number of methoxy groups -OCH3 is 1. The van der Waals surface area contributed by atoms with Crippen LogP contribution in [0.15, 0.2) is 72.8 Å². The molecule has 0 radical (unpaired) electrons. The van der Waals surface area contributed by atoms with Gasteiger partial charge in [0.05, 0.1) is 17.9 Å². The fourth-order valence-electron chi connectivity index (χ4n) is 3.34. The molecule has 186 valence electrons. The second-order valence-electron chi connectivity index (χ2n) is 7.91. The van der Waals surface area contributed by atoms with Gasteiger partial charge in [0.15, 0.2) is 5.82 Å². The number of hydrogen-bond donors (Lipinski definition) is 1. The first-order valence-corrected chi connectivity index (χ1v) is 11.0. The van der Waals surface area contributed by atoms with Gasteiger partial charge in [-0.15, -0.1) is 5.10 Å². The highest BCUT2D eigenvalue weighted by Crippen LogP contribution is 2.29. The number of aryl methyl sites for hydroxylation is 1. The predicted octanol–water partition coefficient (Wildman–Crippen LogP) is 5.54. The highest BCUT2D eigenvalue weighted by Gasteiger charge is 2.30.